The number of hydrogen-bond acceptors (Lipinski definition) is 5. The lowest BCUT2D eigenvalue weighted by atomic mass is 9.43. The van der Waals surface area contributed by atoms with Crippen LogP contribution in [0.25, 0.3) is 0 Å². The van der Waals surface area contributed by atoms with Gasteiger partial charge in [-0.25, -0.2) is 0 Å². The first-order valence-electron chi connectivity index (χ1n) is 13.0. The summed E-state index contributed by atoms with van der Waals surface area (Å²) < 4.78 is 0. The quantitative estimate of drug-likeness (QED) is 0.355. The zero-order chi connectivity index (χ0) is 23.1. The van der Waals surface area contributed by atoms with Gasteiger partial charge in [-0.15, -0.1) is 0 Å². The van der Waals surface area contributed by atoms with E-state index in [4.69, 9.17) is 4.84 Å². The van der Waals surface area contributed by atoms with E-state index < -0.39 is 5.60 Å². The molecule has 4 saturated carbocycles. The molecule has 4 aliphatic rings. The lowest BCUT2D eigenvalue weighted by Gasteiger charge is -2.63. The first kappa shape index (κ1) is 24.2. The van der Waals surface area contributed by atoms with Crippen molar-refractivity contribution in [3.05, 3.63) is 11.6 Å². The van der Waals surface area contributed by atoms with Crippen LogP contribution in [0.4, 0.5) is 0 Å². The molecule has 0 aromatic carbocycles. The van der Waals surface area contributed by atoms with Crippen LogP contribution >= 0.6 is 0 Å². The van der Waals surface area contributed by atoms with Gasteiger partial charge in [0.2, 0.25) is 0 Å². The Hall–Kier alpha value is -0.910. The van der Waals surface area contributed by atoms with Crippen molar-refractivity contribution >= 4 is 6.21 Å². The molecule has 0 amide bonds. The molecule has 0 aromatic heterocycles. The normalized spacial score (nSPS) is 46.8. The van der Waals surface area contributed by atoms with E-state index in [1.807, 2.05) is 20.3 Å². The number of nitrogens with zero attached hydrogens (tertiary/aromatic N) is 2. The zero-order valence-electron chi connectivity index (χ0n) is 21.0. The minimum absolute atomic E-state index is 0.0631. The summed E-state index contributed by atoms with van der Waals surface area (Å²) in [6.45, 7) is 8.39. The molecule has 32 heavy (non-hydrogen) atoms. The summed E-state index contributed by atoms with van der Waals surface area (Å²) in [5.41, 5.74) is 0.789. The summed E-state index contributed by atoms with van der Waals surface area (Å²) >= 11 is 0. The third-order valence-corrected chi connectivity index (χ3v) is 10.3. The molecule has 2 N–H and O–H groups in total. The van der Waals surface area contributed by atoms with Crippen molar-refractivity contribution in [2.75, 3.05) is 27.2 Å². The predicted octanol–water partition coefficient (Wildman–Crippen LogP) is 4.63. The van der Waals surface area contributed by atoms with Crippen LogP contribution in [0.15, 0.2) is 16.8 Å². The van der Waals surface area contributed by atoms with Crippen molar-refractivity contribution in [3.8, 4) is 0 Å². The van der Waals surface area contributed by atoms with E-state index in [1.165, 1.54) is 12.8 Å². The molecule has 4 rings (SSSR count). The van der Waals surface area contributed by atoms with Crippen LogP contribution < -0.4 is 0 Å². The molecular formula is C27H46N2O3. The van der Waals surface area contributed by atoms with Crippen LogP contribution in [0, 0.1) is 34.5 Å². The van der Waals surface area contributed by atoms with E-state index in [0.717, 1.165) is 57.1 Å². The van der Waals surface area contributed by atoms with Crippen LogP contribution in [-0.2, 0) is 4.84 Å². The average Bonchev–Trinajstić information content (AvgIpc) is 2.99. The number of aliphatic hydroxyl groups is 2. The minimum Gasteiger partial charge on any atom is -0.394 e. The van der Waals surface area contributed by atoms with Crippen molar-refractivity contribution < 1.29 is 15.1 Å². The van der Waals surface area contributed by atoms with Crippen molar-refractivity contribution in [3.63, 3.8) is 0 Å². The van der Waals surface area contributed by atoms with Gasteiger partial charge in [0.25, 0.3) is 0 Å². The Morgan fingerprint density at radius 1 is 1.06 bits per heavy atom. The summed E-state index contributed by atoms with van der Waals surface area (Å²) in [4.78, 5) is 7.47. The number of rotatable bonds is 6. The summed E-state index contributed by atoms with van der Waals surface area (Å²) in [5, 5.41) is 26.7. The molecule has 0 heterocycles. The monoisotopic (exact) mass is 446 g/mol. The minimum atomic E-state index is -0.569. The van der Waals surface area contributed by atoms with Gasteiger partial charge in [-0.3, -0.25) is 0 Å². The maximum atomic E-state index is 12.3. The molecule has 4 fully saturated rings. The Labute approximate surface area is 195 Å². The largest absolute Gasteiger partial charge is 0.394 e. The third-order valence-electron chi connectivity index (χ3n) is 10.3. The fraction of sp³-hybridized carbons (Fsp3) is 0.889. The molecule has 5 heteroatoms. The van der Waals surface area contributed by atoms with E-state index in [1.54, 1.807) is 0 Å². The SMILES string of the molecule is CC(/C=N/OCCN(C)C)=C\[C@H]1CC[C@]2(O)[C@@H]3CC[C@@H]4C[C@@H](O)CC[C@]4(C)[C@H]3CC[C@]12C. The molecular weight excluding hydrogens is 400 g/mol. The van der Waals surface area contributed by atoms with Crippen LogP contribution in [-0.4, -0.2) is 60.3 Å². The molecule has 0 saturated heterocycles. The average molecular weight is 447 g/mol. The van der Waals surface area contributed by atoms with Crippen LogP contribution in [0.5, 0.6) is 0 Å². The van der Waals surface area contributed by atoms with E-state index >= 15 is 0 Å². The van der Waals surface area contributed by atoms with Gasteiger partial charge in [0, 0.05) is 12.0 Å². The fourth-order valence-corrected chi connectivity index (χ4v) is 8.27. The van der Waals surface area contributed by atoms with Gasteiger partial charge < -0.3 is 20.0 Å². The smallest absolute Gasteiger partial charge is 0.129 e. The van der Waals surface area contributed by atoms with Gasteiger partial charge in [-0.1, -0.05) is 25.1 Å². The molecule has 182 valence electrons. The number of aliphatic hydroxyl groups excluding tert-OH is 1. The Bertz CT molecular complexity index is 736. The Morgan fingerprint density at radius 2 is 1.84 bits per heavy atom. The van der Waals surface area contributed by atoms with Crippen molar-refractivity contribution in [2.45, 2.75) is 90.3 Å². The van der Waals surface area contributed by atoms with Crippen molar-refractivity contribution in [1.29, 1.82) is 0 Å². The number of likely N-dealkylation sites (N-methyl/N-ethyl adjacent to an activating group) is 1. The fourth-order valence-electron chi connectivity index (χ4n) is 8.27. The number of hydrogen-bond donors (Lipinski definition) is 2. The standard InChI is InChI=1S/C27H46N2O3/c1-19(18-28-32-15-14-29(4)5)16-21-8-13-27(31)24-7-6-20-17-22(30)9-11-25(20,2)23(24)10-12-26(21,27)3/h16,18,20-24,30-31H,6-15,17H2,1-5H3/b19-16+,28-18+/t20-,21-,22+,23+,24-,25+,26-,27+/m1/s1. The van der Waals surface area contributed by atoms with E-state index in [2.05, 4.69) is 36.9 Å². The van der Waals surface area contributed by atoms with Crippen molar-refractivity contribution in [1.82, 2.24) is 4.90 Å². The second-order valence-corrected chi connectivity index (χ2v) is 12.2. The highest BCUT2D eigenvalue weighted by Crippen LogP contribution is 2.69. The van der Waals surface area contributed by atoms with E-state index in [0.29, 0.717) is 35.7 Å². The van der Waals surface area contributed by atoms with Gasteiger partial charge in [0.05, 0.1) is 17.9 Å². The highest BCUT2D eigenvalue weighted by Gasteiger charge is 2.66. The molecule has 0 spiro atoms. The molecule has 0 unspecified atom stereocenters. The van der Waals surface area contributed by atoms with Crippen LogP contribution in [0.1, 0.15) is 78.6 Å². The Balaban J connectivity index is 1.47. The molecule has 4 aliphatic carbocycles. The third kappa shape index (κ3) is 4.07. The van der Waals surface area contributed by atoms with Crippen LogP contribution in [0.2, 0.25) is 0 Å². The Kier molecular flexibility index (Phi) is 6.84. The zero-order valence-corrected chi connectivity index (χ0v) is 21.0. The summed E-state index contributed by atoms with van der Waals surface area (Å²) in [7, 11) is 4.05. The highest BCUT2D eigenvalue weighted by atomic mass is 16.6. The molecule has 0 bridgehead atoms. The molecule has 8 atom stereocenters. The number of oxime groups is 1. The number of allylic oxidation sites excluding steroid dienone is 2. The van der Waals surface area contributed by atoms with E-state index in [9.17, 15) is 10.2 Å². The summed E-state index contributed by atoms with van der Waals surface area (Å²) in [6.07, 6.45) is 13.7. The van der Waals surface area contributed by atoms with E-state index in [-0.39, 0.29) is 11.5 Å². The van der Waals surface area contributed by atoms with Gasteiger partial charge >= 0.3 is 0 Å². The molecule has 0 radical (unpaired) electrons. The number of fused-ring (bicyclic) bond motifs is 5. The maximum Gasteiger partial charge on any atom is 0.129 e. The van der Waals surface area contributed by atoms with Gasteiger partial charge in [-0.05, 0) is 113 Å². The highest BCUT2D eigenvalue weighted by molar-refractivity contribution is 5.77. The summed E-state index contributed by atoms with van der Waals surface area (Å²) in [6, 6.07) is 0. The lowest BCUT2D eigenvalue weighted by molar-refractivity contribution is -0.207. The predicted molar refractivity (Wildman–Crippen MR) is 129 cm³/mol. The summed E-state index contributed by atoms with van der Waals surface area (Å²) in [5.74, 6) is 2.02. The van der Waals surface area contributed by atoms with Gasteiger partial charge in [-0.2, -0.15) is 0 Å². The Morgan fingerprint density at radius 3 is 2.59 bits per heavy atom. The molecule has 5 nitrogen and oxygen atoms in total. The second-order valence-electron chi connectivity index (χ2n) is 12.2. The molecule has 0 aromatic rings. The first-order valence-corrected chi connectivity index (χ1v) is 13.0. The maximum absolute atomic E-state index is 12.3. The van der Waals surface area contributed by atoms with Gasteiger partial charge in [0.1, 0.15) is 6.61 Å². The lowest BCUT2D eigenvalue weighted by Crippen LogP contribution is -2.62. The molecule has 0 aliphatic heterocycles. The van der Waals surface area contributed by atoms with Crippen LogP contribution in [0.3, 0.4) is 0 Å². The topological polar surface area (TPSA) is 65.3 Å². The second kappa shape index (κ2) is 9.03. The first-order chi connectivity index (χ1) is 15.1. The van der Waals surface area contributed by atoms with Gasteiger partial charge in [0.15, 0.2) is 0 Å². The van der Waals surface area contributed by atoms with Crippen molar-refractivity contribution in [2.24, 2.45) is 39.7 Å².